The van der Waals surface area contributed by atoms with E-state index in [9.17, 15) is 0 Å². The lowest BCUT2D eigenvalue weighted by Gasteiger charge is -2.38. The molecule has 0 aromatic heterocycles. The molecule has 1 saturated carbocycles. The Labute approximate surface area is 50.6 Å². The summed E-state index contributed by atoms with van der Waals surface area (Å²) in [6.07, 6.45) is 3.56. The van der Waals surface area contributed by atoms with E-state index in [1.807, 2.05) is 6.92 Å². The highest BCUT2D eigenvalue weighted by Gasteiger charge is 2.32. The fourth-order valence-corrected chi connectivity index (χ4v) is 0.984. The summed E-state index contributed by atoms with van der Waals surface area (Å²) >= 11 is 0. The molecule has 0 aliphatic heterocycles. The minimum Gasteiger partial charge on any atom is -0.322 e. The third-order valence-corrected chi connectivity index (χ3v) is 2.10. The van der Waals surface area contributed by atoms with E-state index in [1.54, 1.807) is 0 Å². The van der Waals surface area contributed by atoms with Crippen LogP contribution in [0.5, 0.6) is 0 Å². The molecule has 0 amide bonds. The van der Waals surface area contributed by atoms with Crippen LogP contribution in [-0.4, -0.2) is 5.54 Å². The van der Waals surface area contributed by atoms with Gasteiger partial charge in [0, 0.05) is 5.54 Å². The molecular formula is C7H13N. The van der Waals surface area contributed by atoms with Gasteiger partial charge in [-0.25, -0.2) is 0 Å². The molecule has 1 heteroatoms. The summed E-state index contributed by atoms with van der Waals surface area (Å²) in [4.78, 5) is 0. The van der Waals surface area contributed by atoms with E-state index in [1.165, 1.54) is 6.42 Å². The smallest absolute Gasteiger partial charge is 0.0363 e. The molecule has 0 saturated heterocycles. The average molecular weight is 111 g/mol. The van der Waals surface area contributed by atoms with Crippen LogP contribution in [0.1, 0.15) is 26.2 Å². The molecule has 0 atom stereocenters. The Bertz CT molecular complexity index is 112. The second-order valence-corrected chi connectivity index (χ2v) is 2.79. The topological polar surface area (TPSA) is 26.0 Å². The van der Waals surface area contributed by atoms with E-state index in [0.717, 1.165) is 18.4 Å². The van der Waals surface area contributed by atoms with Gasteiger partial charge in [-0.15, -0.1) is 0 Å². The lowest BCUT2D eigenvalue weighted by atomic mass is 9.73. The Morgan fingerprint density at radius 1 is 1.62 bits per heavy atom. The van der Waals surface area contributed by atoms with Crippen molar-refractivity contribution in [1.29, 1.82) is 0 Å². The molecule has 0 unspecified atom stereocenters. The fourth-order valence-electron chi connectivity index (χ4n) is 0.984. The van der Waals surface area contributed by atoms with Crippen molar-refractivity contribution in [2.75, 3.05) is 0 Å². The molecule has 2 N–H and O–H groups in total. The van der Waals surface area contributed by atoms with Gasteiger partial charge >= 0.3 is 0 Å². The molecule has 1 nitrogen and oxygen atoms in total. The van der Waals surface area contributed by atoms with Crippen molar-refractivity contribution in [3.63, 3.8) is 0 Å². The van der Waals surface area contributed by atoms with Gasteiger partial charge in [-0.2, -0.15) is 0 Å². The lowest BCUT2D eigenvalue weighted by Crippen LogP contribution is -2.47. The van der Waals surface area contributed by atoms with Gasteiger partial charge in [0.25, 0.3) is 0 Å². The molecule has 8 heavy (non-hydrogen) atoms. The van der Waals surface area contributed by atoms with E-state index in [4.69, 9.17) is 5.73 Å². The van der Waals surface area contributed by atoms with E-state index in [-0.39, 0.29) is 5.54 Å². The van der Waals surface area contributed by atoms with Gasteiger partial charge < -0.3 is 5.73 Å². The highest BCUT2D eigenvalue weighted by atomic mass is 14.8. The zero-order valence-corrected chi connectivity index (χ0v) is 5.41. The number of hydrogen-bond acceptors (Lipinski definition) is 1. The first-order valence-corrected chi connectivity index (χ1v) is 3.10. The van der Waals surface area contributed by atoms with Crippen molar-refractivity contribution in [2.45, 2.75) is 31.7 Å². The third kappa shape index (κ3) is 0.671. The zero-order chi connectivity index (χ0) is 6.20. The van der Waals surface area contributed by atoms with Crippen LogP contribution in [0.2, 0.25) is 0 Å². The van der Waals surface area contributed by atoms with Gasteiger partial charge in [-0.05, 0) is 26.2 Å². The average Bonchev–Trinajstić information content (AvgIpc) is 1.60. The Morgan fingerprint density at radius 2 is 2.12 bits per heavy atom. The van der Waals surface area contributed by atoms with Crippen LogP contribution in [0.4, 0.5) is 0 Å². The Hall–Kier alpha value is -0.300. The van der Waals surface area contributed by atoms with Crippen LogP contribution in [0.15, 0.2) is 12.2 Å². The maximum atomic E-state index is 5.85. The second-order valence-electron chi connectivity index (χ2n) is 2.79. The summed E-state index contributed by atoms with van der Waals surface area (Å²) in [6, 6.07) is 0. The summed E-state index contributed by atoms with van der Waals surface area (Å²) in [5.74, 6) is 0. The zero-order valence-electron chi connectivity index (χ0n) is 5.41. The first-order valence-electron chi connectivity index (χ1n) is 3.10. The fraction of sp³-hybridized carbons (Fsp3) is 0.714. The SMILES string of the molecule is C=C(C)C1(N)CCC1. The van der Waals surface area contributed by atoms with Crippen molar-refractivity contribution in [1.82, 2.24) is 0 Å². The van der Waals surface area contributed by atoms with Crippen LogP contribution in [0, 0.1) is 0 Å². The largest absolute Gasteiger partial charge is 0.322 e. The molecule has 0 radical (unpaired) electrons. The van der Waals surface area contributed by atoms with Crippen LogP contribution < -0.4 is 5.73 Å². The molecule has 0 heterocycles. The Morgan fingerprint density at radius 3 is 2.12 bits per heavy atom. The quantitative estimate of drug-likeness (QED) is 0.509. The van der Waals surface area contributed by atoms with Gasteiger partial charge in [-0.1, -0.05) is 12.2 Å². The lowest BCUT2D eigenvalue weighted by molar-refractivity contribution is 0.299. The van der Waals surface area contributed by atoms with Crippen LogP contribution >= 0.6 is 0 Å². The molecule has 1 aliphatic rings. The van der Waals surface area contributed by atoms with Crippen LogP contribution in [0.25, 0.3) is 0 Å². The van der Waals surface area contributed by atoms with Crippen molar-refractivity contribution < 1.29 is 0 Å². The minimum atomic E-state index is 0.0278. The maximum Gasteiger partial charge on any atom is 0.0363 e. The molecular weight excluding hydrogens is 98.1 g/mol. The molecule has 1 fully saturated rings. The normalized spacial score (nSPS) is 24.2. The second kappa shape index (κ2) is 1.59. The molecule has 0 aromatic carbocycles. The van der Waals surface area contributed by atoms with Gasteiger partial charge in [0.15, 0.2) is 0 Å². The summed E-state index contributed by atoms with van der Waals surface area (Å²) in [5, 5.41) is 0. The Balaban J connectivity index is 2.53. The van der Waals surface area contributed by atoms with Crippen LogP contribution in [0.3, 0.4) is 0 Å². The first kappa shape index (κ1) is 5.83. The number of hydrogen-bond donors (Lipinski definition) is 1. The summed E-state index contributed by atoms with van der Waals surface area (Å²) in [6.45, 7) is 5.84. The predicted octanol–water partition coefficient (Wildman–Crippen LogP) is 1.44. The predicted molar refractivity (Wildman–Crippen MR) is 35.6 cm³/mol. The highest BCUT2D eigenvalue weighted by molar-refractivity contribution is 5.16. The van der Waals surface area contributed by atoms with E-state index in [2.05, 4.69) is 6.58 Å². The van der Waals surface area contributed by atoms with E-state index >= 15 is 0 Å². The van der Waals surface area contributed by atoms with Gasteiger partial charge in [0.1, 0.15) is 0 Å². The third-order valence-electron chi connectivity index (χ3n) is 2.10. The molecule has 0 spiro atoms. The van der Waals surface area contributed by atoms with Gasteiger partial charge in [-0.3, -0.25) is 0 Å². The van der Waals surface area contributed by atoms with Crippen LogP contribution in [-0.2, 0) is 0 Å². The summed E-state index contributed by atoms with van der Waals surface area (Å²) in [5.41, 5.74) is 7.02. The molecule has 46 valence electrons. The van der Waals surface area contributed by atoms with Crippen molar-refractivity contribution >= 4 is 0 Å². The minimum absolute atomic E-state index is 0.0278. The standard InChI is InChI=1S/C7H13N/c1-6(2)7(8)4-3-5-7/h1,3-5,8H2,2H3. The molecule has 1 aliphatic carbocycles. The highest BCUT2D eigenvalue weighted by Crippen LogP contribution is 2.34. The van der Waals surface area contributed by atoms with E-state index in [0.29, 0.717) is 0 Å². The number of nitrogens with two attached hydrogens (primary N) is 1. The first-order chi connectivity index (χ1) is 3.65. The summed E-state index contributed by atoms with van der Waals surface area (Å²) < 4.78 is 0. The van der Waals surface area contributed by atoms with Crippen molar-refractivity contribution in [3.05, 3.63) is 12.2 Å². The maximum absolute atomic E-state index is 5.85. The number of rotatable bonds is 1. The monoisotopic (exact) mass is 111 g/mol. The van der Waals surface area contributed by atoms with Gasteiger partial charge in [0.2, 0.25) is 0 Å². The molecule has 0 bridgehead atoms. The molecule has 0 aromatic rings. The van der Waals surface area contributed by atoms with E-state index < -0.39 is 0 Å². The van der Waals surface area contributed by atoms with Crippen molar-refractivity contribution in [3.8, 4) is 0 Å². The Kier molecular flexibility index (Phi) is 1.16. The summed E-state index contributed by atoms with van der Waals surface area (Å²) in [7, 11) is 0. The van der Waals surface area contributed by atoms with Gasteiger partial charge in [0.05, 0.1) is 0 Å². The van der Waals surface area contributed by atoms with Crippen molar-refractivity contribution in [2.24, 2.45) is 5.73 Å². The molecule has 1 rings (SSSR count).